The average molecular weight is 272 g/mol. The lowest BCUT2D eigenvalue weighted by Crippen LogP contribution is -2.36. The molecule has 4 heteroatoms. The smallest absolute Gasteiger partial charge is 0.0610 e. The molecule has 0 aliphatic heterocycles. The van der Waals surface area contributed by atoms with Crippen molar-refractivity contribution in [3.63, 3.8) is 0 Å². The van der Waals surface area contributed by atoms with Crippen LogP contribution < -0.4 is 11.3 Å². The number of hydrogen-bond acceptors (Lipinski definition) is 3. The van der Waals surface area contributed by atoms with Crippen LogP contribution in [-0.4, -0.2) is 25.2 Å². The zero-order valence-corrected chi connectivity index (χ0v) is 10.8. The fourth-order valence-corrected chi connectivity index (χ4v) is 1.86. The Morgan fingerprint density at radius 2 is 2.20 bits per heavy atom. The molecule has 84 valence electrons. The van der Waals surface area contributed by atoms with Gasteiger partial charge in [-0.05, 0) is 43.7 Å². The van der Waals surface area contributed by atoms with E-state index in [1.54, 1.807) is 0 Å². The summed E-state index contributed by atoms with van der Waals surface area (Å²) in [7, 11) is 2.05. The molecule has 3 nitrogen and oxygen atoms in total. The molecule has 0 aliphatic carbocycles. The molecule has 3 N–H and O–H groups in total. The van der Waals surface area contributed by atoms with Crippen LogP contribution in [0.25, 0.3) is 0 Å². The summed E-state index contributed by atoms with van der Waals surface area (Å²) in [4.78, 5) is 2.15. The molecule has 0 unspecified atom stereocenters. The van der Waals surface area contributed by atoms with Crippen molar-refractivity contribution in [1.82, 2.24) is 10.3 Å². The Hall–Kier alpha value is -0.420. The van der Waals surface area contributed by atoms with E-state index in [1.807, 2.05) is 7.05 Å². The number of halogens is 1. The maximum atomic E-state index is 5.25. The van der Waals surface area contributed by atoms with Gasteiger partial charge in [-0.2, -0.15) is 0 Å². The van der Waals surface area contributed by atoms with Gasteiger partial charge in [0.05, 0.1) is 6.67 Å². The number of hydrogen-bond donors (Lipinski definition) is 2. The molecule has 0 saturated carbocycles. The lowest BCUT2D eigenvalue weighted by atomic mass is 10.1. The summed E-state index contributed by atoms with van der Waals surface area (Å²) in [5, 5.41) is 0. The van der Waals surface area contributed by atoms with Crippen molar-refractivity contribution in [3.05, 3.63) is 33.8 Å². The minimum absolute atomic E-state index is 0.715. The summed E-state index contributed by atoms with van der Waals surface area (Å²) < 4.78 is 1.14. The molecule has 15 heavy (non-hydrogen) atoms. The number of benzene rings is 1. The second-order valence-electron chi connectivity index (χ2n) is 3.76. The van der Waals surface area contributed by atoms with Gasteiger partial charge in [0, 0.05) is 11.0 Å². The minimum atomic E-state index is 0.715. The fraction of sp³-hybridized carbons (Fsp3) is 0.455. The SMILES string of the molecule is Cc1ccc(Br)cc1CCN(C)CNN. The van der Waals surface area contributed by atoms with Gasteiger partial charge in [-0.1, -0.05) is 22.0 Å². The van der Waals surface area contributed by atoms with Crippen LogP contribution in [0.2, 0.25) is 0 Å². The van der Waals surface area contributed by atoms with Gasteiger partial charge in [-0.25, -0.2) is 5.43 Å². The van der Waals surface area contributed by atoms with Crippen LogP contribution in [-0.2, 0) is 6.42 Å². The number of hydrazine groups is 1. The molecule has 0 amide bonds. The van der Waals surface area contributed by atoms with Crippen molar-refractivity contribution in [3.8, 4) is 0 Å². The Bertz CT molecular complexity index is 315. The van der Waals surface area contributed by atoms with Crippen LogP contribution in [0.15, 0.2) is 22.7 Å². The molecular weight excluding hydrogens is 254 g/mol. The normalized spacial score (nSPS) is 11.0. The lowest BCUT2D eigenvalue weighted by molar-refractivity contribution is 0.312. The molecule has 0 radical (unpaired) electrons. The number of aryl methyl sites for hydroxylation is 1. The molecule has 0 aliphatic rings. The van der Waals surface area contributed by atoms with E-state index in [1.165, 1.54) is 11.1 Å². The standard InChI is InChI=1S/C11H18BrN3/c1-9-3-4-11(12)7-10(9)5-6-15(2)8-14-13/h3-4,7,14H,5-6,8,13H2,1-2H3. The molecule has 0 fully saturated rings. The molecule has 1 rings (SSSR count). The quantitative estimate of drug-likeness (QED) is 0.486. The van der Waals surface area contributed by atoms with E-state index in [2.05, 4.69) is 51.4 Å². The Morgan fingerprint density at radius 1 is 1.47 bits per heavy atom. The van der Waals surface area contributed by atoms with Crippen molar-refractivity contribution in [2.24, 2.45) is 5.84 Å². The van der Waals surface area contributed by atoms with Gasteiger partial charge in [0.15, 0.2) is 0 Å². The van der Waals surface area contributed by atoms with Crippen molar-refractivity contribution in [2.75, 3.05) is 20.3 Å². The largest absolute Gasteiger partial charge is 0.292 e. The van der Waals surface area contributed by atoms with Crippen LogP contribution in [0.3, 0.4) is 0 Å². The van der Waals surface area contributed by atoms with Crippen molar-refractivity contribution < 1.29 is 0 Å². The molecule has 1 aromatic rings. The minimum Gasteiger partial charge on any atom is -0.292 e. The van der Waals surface area contributed by atoms with E-state index in [-0.39, 0.29) is 0 Å². The summed E-state index contributed by atoms with van der Waals surface area (Å²) >= 11 is 3.49. The molecular formula is C11H18BrN3. The molecule has 0 bridgehead atoms. The predicted octanol–water partition coefficient (Wildman–Crippen LogP) is 1.65. The number of nitrogens with two attached hydrogens (primary N) is 1. The number of rotatable bonds is 5. The second kappa shape index (κ2) is 6.23. The van der Waals surface area contributed by atoms with Gasteiger partial charge in [-0.3, -0.25) is 10.7 Å². The first-order valence-electron chi connectivity index (χ1n) is 5.00. The highest BCUT2D eigenvalue weighted by atomic mass is 79.9. The Kier molecular flexibility index (Phi) is 5.25. The van der Waals surface area contributed by atoms with Crippen LogP contribution in [0, 0.1) is 6.92 Å². The van der Waals surface area contributed by atoms with Crippen molar-refractivity contribution >= 4 is 15.9 Å². The zero-order chi connectivity index (χ0) is 11.3. The Balaban J connectivity index is 2.53. The highest BCUT2D eigenvalue weighted by molar-refractivity contribution is 9.10. The van der Waals surface area contributed by atoms with E-state index < -0.39 is 0 Å². The molecule has 0 spiro atoms. The maximum absolute atomic E-state index is 5.25. The number of likely N-dealkylation sites (N-methyl/N-ethyl adjacent to an activating group) is 1. The highest BCUT2D eigenvalue weighted by Gasteiger charge is 2.01. The van der Waals surface area contributed by atoms with Crippen LogP contribution >= 0.6 is 15.9 Å². The second-order valence-corrected chi connectivity index (χ2v) is 4.68. The van der Waals surface area contributed by atoms with Gasteiger partial charge < -0.3 is 0 Å². The first-order chi connectivity index (χ1) is 7.13. The van der Waals surface area contributed by atoms with Gasteiger partial charge in [0.2, 0.25) is 0 Å². The van der Waals surface area contributed by atoms with Gasteiger partial charge in [0.25, 0.3) is 0 Å². The first kappa shape index (κ1) is 12.6. The number of nitrogens with zero attached hydrogens (tertiary/aromatic N) is 1. The zero-order valence-electron chi connectivity index (χ0n) is 9.26. The lowest BCUT2D eigenvalue weighted by Gasteiger charge is -2.16. The van der Waals surface area contributed by atoms with Crippen LogP contribution in [0.4, 0.5) is 0 Å². The van der Waals surface area contributed by atoms with Gasteiger partial charge >= 0.3 is 0 Å². The Morgan fingerprint density at radius 3 is 2.87 bits per heavy atom. The van der Waals surface area contributed by atoms with Crippen molar-refractivity contribution in [2.45, 2.75) is 13.3 Å². The van der Waals surface area contributed by atoms with Crippen LogP contribution in [0.1, 0.15) is 11.1 Å². The molecule has 0 saturated heterocycles. The van der Waals surface area contributed by atoms with Crippen LogP contribution in [0.5, 0.6) is 0 Å². The van der Waals surface area contributed by atoms with Gasteiger partial charge in [-0.15, -0.1) is 0 Å². The summed E-state index contributed by atoms with van der Waals surface area (Å²) in [5.41, 5.74) is 5.37. The third-order valence-electron chi connectivity index (χ3n) is 2.44. The van der Waals surface area contributed by atoms with E-state index in [9.17, 15) is 0 Å². The predicted molar refractivity (Wildman–Crippen MR) is 67.4 cm³/mol. The first-order valence-corrected chi connectivity index (χ1v) is 5.80. The third kappa shape index (κ3) is 4.30. The van der Waals surface area contributed by atoms with E-state index in [4.69, 9.17) is 5.84 Å². The van der Waals surface area contributed by atoms with E-state index in [0.29, 0.717) is 6.67 Å². The average Bonchev–Trinajstić information content (AvgIpc) is 2.20. The third-order valence-corrected chi connectivity index (χ3v) is 2.93. The molecule has 1 aromatic carbocycles. The highest BCUT2D eigenvalue weighted by Crippen LogP contribution is 2.16. The molecule has 0 aromatic heterocycles. The fourth-order valence-electron chi connectivity index (χ4n) is 1.46. The van der Waals surface area contributed by atoms with Gasteiger partial charge in [0.1, 0.15) is 0 Å². The molecule has 0 atom stereocenters. The summed E-state index contributed by atoms with van der Waals surface area (Å²) in [6.07, 6.45) is 1.05. The number of nitrogens with one attached hydrogen (secondary N) is 1. The topological polar surface area (TPSA) is 41.3 Å². The molecule has 0 heterocycles. The van der Waals surface area contributed by atoms with E-state index >= 15 is 0 Å². The Labute approximate surface area is 99.7 Å². The summed E-state index contributed by atoms with van der Waals surface area (Å²) in [6.45, 7) is 3.86. The summed E-state index contributed by atoms with van der Waals surface area (Å²) in [6, 6.07) is 6.39. The van der Waals surface area contributed by atoms with E-state index in [0.717, 1.165) is 17.4 Å². The van der Waals surface area contributed by atoms with Crippen molar-refractivity contribution in [1.29, 1.82) is 0 Å². The monoisotopic (exact) mass is 271 g/mol. The summed E-state index contributed by atoms with van der Waals surface area (Å²) in [5.74, 6) is 5.25. The maximum Gasteiger partial charge on any atom is 0.0610 e.